The molecular formula is C33H32Cl2N8O5. The van der Waals surface area contributed by atoms with Gasteiger partial charge in [0.15, 0.2) is 33.1 Å². The maximum absolute atomic E-state index is 11.7. The second kappa shape index (κ2) is 14.6. The number of ether oxygens (including phenoxy) is 2. The van der Waals surface area contributed by atoms with E-state index < -0.39 is 5.97 Å². The fourth-order valence-electron chi connectivity index (χ4n) is 4.97. The fraction of sp³-hybridized carbons (Fsp3) is 0.212. The van der Waals surface area contributed by atoms with Crippen molar-refractivity contribution < 1.29 is 24.2 Å². The molecule has 0 aliphatic rings. The summed E-state index contributed by atoms with van der Waals surface area (Å²) in [6.45, 7) is 2.73. The molecule has 2 aromatic carbocycles. The molecule has 0 saturated carbocycles. The molecule has 15 heteroatoms. The van der Waals surface area contributed by atoms with Crippen LogP contribution in [-0.2, 0) is 13.1 Å². The van der Waals surface area contributed by atoms with Crippen molar-refractivity contribution in [3.63, 3.8) is 0 Å². The van der Waals surface area contributed by atoms with Crippen LogP contribution in [0.4, 0.5) is 11.4 Å². The molecule has 13 nitrogen and oxygen atoms in total. The number of hydrogen-bond acceptors (Lipinski definition) is 10. The molecule has 48 heavy (non-hydrogen) atoms. The van der Waals surface area contributed by atoms with Crippen LogP contribution in [0.1, 0.15) is 39.0 Å². The first-order chi connectivity index (χ1) is 23.0. The minimum atomic E-state index is -1.11. The van der Waals surface area contributed by atoms with Crippen molar-refractivity contribution in [3.05, 3.63) is 106 Å². The summed E-state index contributed by atoms with van der Waals surface area (Å²) in [4.78, 5) is 35.4. The number of nitrogens with zero attached hydrogens (tertiary/aromatic N) is 8. The second-order valence-corrected chi connectivity index (χ2v) is 11.5. The lowest BCUT2D eigenvalue weighted by Crippen LogP contribution is -2.18. The van der Waals surface area contributed by atoms with Gasteiger partial charge in [0.2, 0.25) is 0 Å². The fourth-order valence-corrected chi connectivity index (χ4v) is 5.33. The van der Waals surface area contributed by atoms with Gasteiger partial charge in [-0.2, -0.15) is 10.2 Å². The number of ketones is 1. The Morgan fingerprint density at radius 3 is 1.50 bits per heavy atom. The summed E-state index contributed by atoms with van der Waals surface area (Å²) in [5.74, 6) is 0.382. The van der Waals surface area contributed by atoms with Crippen molar-refractivity contribution in [2.75, 3.05) is 38.1 Å². The van der Waals surface area contributed by atoms with Gasteiger partial charge in [-0.25, -0.2) is 23.8 Å². The summed E-state index contributed by atoms with van der Waals surface area (Å²) < 4.78 is 13.1. The number of carbonyl (C=O) groups excluding carboxylic acids is 1. The molecule has 1 N–H and O–H groups in total. The molecule has 0 saturated heterocycles. The van der Waals surface area contributed by atoms with E-state index in [1.54, 1.807) is 26.4 Å². The third-order valence-electron chi connectivity index (χ3n) is 7.40. The van der Waals surface area contributed by atoms with Crippen LogP contribution in [0.3, 0.4) is 0 Å². The van der Waals surface area contributed by atoms with E-state index in [-0.39, 0.29) is 16.6 Å². The average molecular weight is 692 g/mol. The number of methoxy groups -OCH3 is 2. The normalized spacial score (nSPS) is 10.8. The van der Waals surface area contributed by atoms with Gasteiger partial charge in [0.25, 0.3) is 0 Å². The zero-order valence-electron chi connectivity index (χ0n) is 26.8. The van der Waals surface area contributed by atoms with Gasteiger partial charge in [0, 0.05) is 46.2 Å². The number of anilines is 2. The molecular weight excluding hydrogens is 659 g/mol. The van der Waals surface area contributed by atoms with E-state index >= 15 is 0 Å². The van der Waals surface area contributed by atoms with Crippen LogP contribution < -0.4 is 19.3 Å². The Kier molecular flexibility index (Phi) is 10.3. The third kappa shape index (κ3) is 7.42. The molecule has 6 rings (SSSR count). The van der Waals surface area contributed by atoms with Crippen LogP contribution >= 0.6 is 23.2 Å². The van der Waals surface area contributed by atoms with E-state index in [2.05, 4.69) is 20.2 Å². The number of benzene rings is 2. The number of fused-ring (bicyclic) bond motifs is 2. The molecule has 4 aromatic heterocycles. The van der Waals surface area contributed by atoms with Crippen molar-refractivity contribution in [2.24, 2.45) is 0 Å². The Morgan fingerprint density at radius 1 is 0.729 bits per heavy atom. The number of Topliss-reactive ketones (excluding diaryl/α,β-unsaturated/α-hetero) is 1. The average Bonchev–Trinajstić information content (AvgIpc) is 3.70. The second-order valence-electron chi connectivity index (χ2n) is 10.7. The number of carboxylic acids is 1. The molecule has 0 bridgehead atoms. The van der Waals surface area contributed by atoms with Gasteiger partial charge in [-0.1, -0.05) is 47.5 Å². The predicted molar refractivity (Wildman–Crippen MR) is 183 cm³/mol. The quantitative estimate of drug-likeness (QED) is 0.170. The SMILES string of the molecule is COc1ccc(CN(C)c2cc(Cl)nn3c(C(=O)O)cnc23)cc1.COc1ccc(CN(C)c2cc(Cl)nn3c(C(C)=O)cnc23)cc1. The minimum Gasteiger partial charge on any atom is -0.497 e. The monoisotopic (exact) mass is 690 g/mol. The van der Waals surface area contributed by atoms with Crippen molar-refractivity contribution in [1.82, 2.24) is 29.2 Å². The maximum Gasteiger partial charge on any atom is 0.356 e. The highest BCUT2D eigenvalue weighted by molar-refractivity contribution is 6.30. The van der Waals surface area contributed by atoms with Crippen LogP contribution in [0.25, 0.3) is 11.3 Å². The third-order valence-corrected chi connectivity index (χ3v) is 7.77. The molecule has 0 radical (unpaired) electrons. The number of halogens is 2. The molecule has 0 atom stereocenters. The van der Waals surface area contributed by atoms with Crippen molar-refractivity contribution >= 4 is 57.6 Å². The number of rotatable bonds is 10. The predicted octanol–water partition coefficient (Wildman–Crippen LogP) is 5.96. The molecule has 0 fully saturated rings. The molecule has 248 valence electrons. The van der Waals surface area contributed by atoms with E-state index in [0.717, 1.165) is 28.3 Å². The van der Waals surface area contributed by atoms with Crippen molar-refractivity contribution in [2.45, 2.75) is 20.0 Å². The first kappa shape index (κ1) is 33.9. The Balaban J connectivity index is 0.000000188. The molecule has 0 unspecified atom stereocenters. The maximum atomic E-state index is 11.7. The summed E-state index contributed by atoms with van der Waals surface area (Å²) in [7, 11) is 7.08. The highest BCUT2D eigenvalue weighted by Crippen LogP contribution is 2.27. The van der Waals surface area contributed by atoms with Crippen molar-refractivity contribution in [3.8, 4) is 11.5 Å². The molecule has 4 heterocycles. The minimum absolute atomic E-state index is 0.0356. The van der Waals surface area contributed by atoms with Gasteiger partial charge in [0.05, 0.1) is 38.0 Å². The number of hydrogen-bond donors (Lipinski definition) is 1. The van der Waals surface area contributed by atoms with E-state index in [4.69, 9.17) is 32.7 Å². The number of aromatic carboxylic acids is 1. The molecule has 0 aliphatic carbocycles. The van der Waals surface area contributed by atoms with Gasteiger partial charge in [-0.3, -0.25) is 4.79 Å². The Labute approximate surface area is 285 Å². The van der Waals surface area contributed by atoms with E-state index in [1.165, 1.54) is 28.3 Å². The van der Waals surface area contributed by atoms with Crippen LogP contribution in [0.15, 0.2) is 73.1 Å². The summed E-state index contributed by atoms with van der Waals surface area (Å²) in [6, 6.07) is 18.9. The van der Waals surface area contributed by atoms with Crippen LogP contribution in [-0.4, -0.2) is 74.4 Å². The molecule has 0 spiro atoms. The molecule has 6 aromatic rings. The number of aromatic nitrogens is 6. The van der Waals surface area contributed by atoms with Gasteiger partial charge in [-0.05, 0) is 35.4 Å². The lowest BCUT2D eigenvalue weighted by atomic mass is 10.2. The molecule has 0 amide bonds. The summed E-state index contributed by atoms with van der Waals surface area (Å²) in [6.07, 6.45) is 2.79. The smallest absolute Gasteiger partial charge is 0.356 e. The highest BCUT2D eigenvalue weighted by atomic mass is 35.5. The number of carboxylic acid groups (broad SMARTS) is 1. The number of imidazole rings is 2. The summed E-state index contributed by atoms with van der Waals surface area (Å²) in [5.41, 5.74) is 5.08. The van der Waals surface area contributed by atoms with Gasteiger partial charge in [-0.15, -0.1) is 0 Å². The standard InChI is InChI=1S/C17H17ClN4O2.C16H15ClN4O3/c1-11(23)15-9-19-17-14(8-16(18)20-22(15)17)21(2)10-12-4-6-13(24-3)7-5-12;1-20(9-10-3-5-11(24-2)6-4-10)12-7-14(17)19-21-13(16(22)23)8-18-15(12)21/h4-9H,10H2,1-3H3;3-8H,9H2,1-2H3,(H,22,23). The zero-order valence-corrected chi connectivity index (χ0v) is 28.3. The van der Waals surface area contributed by atoms with E-state index in [1.807, 2.05) is 72.4 Å². The first-order valence-corrected chi connectivity index (χ1v) is 15.3. The van der Waals surface area contributed by atoms with Gasteiger partial charge < -0.3 is 24.4 Å². The Hall–Kier alpha value is -5.40. The first-order valence-electron chi connectivity index (χ1n) is 14.5. The Bertz CT molecular complexity index is 1930. The Morgan fingerprint density at radius 2 is 1.12 bits per heavy atom. The summed E-state index contributed by atoms with van der Waals surface area (Å²) >= 11 is 12.2. The lowest BCUT2D eigenvalue weighted by Gasteiger charge is -2.20. The highest BCUT2D eigenvalue weighted by Gasteiger charge is 2.18. The largest absolute Gasteiger partial charge is 0.497 e. The van der Waals surface area contributed by atoms with Crippen molar-refractivity contribution in [1.29, 1.82) is 0 Å². The lowest BCUT2D eigenvalue weighted by molar-refractivity contribution is 0.0687. The summed E-state index contributed by atoms with van der Waals surface area (Å²) in [5, 5.41) is 17.9. The topological polar surface area (TPSA) is 140 Å². The zero-order chi connectivity index (χ0) is 34.5. The van der Waals surface area contributed by atoms with E-state index in [9.17, 15) is 14.7 Å². The number of carbonyl (C=O) groups is 2. The van der Waals surface area contributed by atoms with Gasteiger partial charge in [0.1, 0.15) is 17.2 Å². The van der Waals surface area contributed by atoms with E-state index in [0.29, 0.717) is 40.9 Å². The van der Waals surface area contributed by atoms with Crippen LogP contribution in [0, 0.1) is 0 Å². The molecule has 0 aliphatic heterocycles. The van der Waals surface area contributed by atoms with Crippen LogP contribution in [0.5, 0.6) is 11.5 Å². The van der Waals surface area contributed by atoms with Crippen LogP contribution in [0.2, 0.25) is 10.3 Å². The van der Waals surface area contributed by atoms with Gasteiger partial charge >= 0.3 is 5.97 Å².